The van der Waals surface area contributed by atoms with Gasteiger partial charge in [0.25, 0.3) is 5.91 Å². The Morgan fingerprint density at radius 3 is 2.23 bits per heavy atom. The number of sulfonamides is 1. The summed E-state index contributed by atoms with van der Waals surface area (Å²) >= 11 is 0. The second-order valence-electron chi connectivity index (χ2n) is 6.98. The van der Waals surface area contributed by atoms with E-state index >= 15 is 0 Å². The number of rotatable bonds is 7. The minimum atomic E-state index is -3.72. The van der Waals surface area contributed by atoms with Gasteiger partial charge in [-0.2, -0.15) is 0 Å². The molecular weight excluding hydrogens is 402 g/mol. The highest BCUT2D eigenvalue weighted by molar-refractivity contribution is 7.89. The molecule has 0 bridgehead atoms. The number of hydrogen-bond donors (Lipinski definition) is 2. The summed E-state index contributed by atoms with van der Waals surface area (Å²) < 4.78 is 27.4. The monoisotopic (exact) mass is 425 g/mol. The molecule has 0 saturated carbocycles. The van der Waals surface area contributed by atoms with Crippen molar-refractivity contribution in [3.63, 3.8) is 0 Å². The van der Waals surface area contributed by atoms with Gasteiger partial charge in [0.05, 0.1) is 4.90 Å². The lowest BCUT2D eigenvalue weighted by molar-refractivity contribution is -0.116. The van der Waals surface area contributed by atoms with Crippen LogP contribution in [-0.4, -0.2) is 45.8 Å². The van der Waals surface area contributed by atoms with Crippen LogP contribution < -0.4 is 10.0 Å². The van der Waals surface area contributed by atoms with Crippen molar-refractivity contribution in [3.05, 3.63) is 72.3 Å². The number of nitrogens with one attached hydrogen (secondary N) is 2. The number of carbonyl (C=O) groups excluding carboxylic acids is 2. The maximum atomic E-state index is 12.5. The first kappa shape index (κ1) is 21.5. The lowest BCUT2D eigenvalue weighted by Gasteiger charge is -2.11. The molecule has 0 spiro atoms. The number of benzene rings is 3. The van der Waals surface area contributed by atoms with Gasteiger partial charge in [0, 0.05) is 38.3 Å². The fraction of sp³-hybridized carbons (Fsp3) is 0.182. The van der Waals surface area contributed by atoms with Crippen LogP contribution in [-0.2, 0) is 14.8 Å². The van der Waals surface area contributed by atoms with Crippen LogP contribution in [0.4, 0.5) is 5.69 Å². The van der Waals surface area contributed by atoms with Gasteiger partial charge in [-0.1, -0.05) is 30.3 Å². The molecule has 0 unspecified atom stereocenters. The van der Waals surface area contributed by atoms with Crippen molar-refractivity contribution >= 4 is 38.3 Å². The number of amides is 2. The number of nitrogens with zero attached hydrogens (tertiary/aromatic N) is 1. The van der Waals surface area contributed by atoms with E-state index < -0.39 is 10.0 Å². The summed E-state index contributed by atoms with van der Waals surface area (Å²) in [6.45, 7) is -0.0296. The van der Waals surface area contributed by atoms with E-state index in [1.165, 1.54) is 4.90 Å². The summed E-state index contributed by atoms with van der Waals surface area (Å²) in [5.41, 5.74) is 1.05. The zero-order valence-electron chi connectivity index (χ0n) is 16.8. The smallest absolute Gasteiger partial charge is 0.253 e. The fourth-order valence-corrected chi connectivity index (χ4v) is 3.96. The van der Waals surface area contributed by atoms with Crippen molar-refractivity contribution in [2.75, 3.05) is 26.0 Å². The first-order chi connectivity index (χ1) is 14.3. The minimum absolute atomic E-state index is 0.0226. The van der Waals surface area contributed by atoms with E-state index in [4.69, 9.17) is 0 Å². The SMILES string of the molecule is CN(C)C(=O)c1ccc(NC(=O)CCNS(=O)(=O)c2ccc3ccccc3c2)cc1. The van der Waals surface area contributed by atoms with Crippen LogP contribution in [0.1, 0.15) is 16.8 Å². The summed E-state index contributed by atoms with van der Waals surface area (Å²) in [6.07, 6.45) is -0.0226. The first-order valence-corrected chi connectivity index (χ1v) is 10.8. The number of carbonyl (C=O) groups is 2. The van der Waals surface area contributed by atoms with E-state index in [1.54, 1.807) is 56.6 Å². The molecule has 3 aromatic carbocycles. The van der Waals surface area contributed by atoms with Crippen molar-refractivity contribution in [3.8, 4) is 0 Å². The summed E-state index contributed by atoms with van der Waals surface area (Å²) in [4.78, 5) is 25.6. The predicted octanol–water partition coefficient (Wildman–Crippen LogP) is 2.85. The minimum Gasteiger partial charge on any atom is -0.345 e. The van der Waals surface area contributed by atoms with Crippen LogP contribution in [0.15, 0.2) is 71.6 Å². The van der Waals surface area contributed by atoms with Crippen LogP contribution in [0.5, 0.6) is 0 Å². The Kier molecular flexibility index (Phi) is 6.49. The molecule has 30 heavy (non-hydrogen) atoms. The maximum Gasteiger partial charge on any atom is 0.253 e. The van der Waals surface area contributed by atoms with Crippen LogP contribution in [0.2, 0.25) is 0 Å². The Balaban J connectivity index is 1.54. The highest BCUT2D eigenvalue weighted by Crippen LogP contribution is 2.18. The van der Waals surface area contributed by atoms with Gasteiger partial charge in [0.15, 0.2) is 0 Å². The second-order valence-corrected chi connectivity index (χ2v) is 8.75. The molecule has 7 nitrogen and oxygen atoms in total. The second kappa shape index (κ2) is 9.06. The van der Waals surface area contributed by atoms with Crippen LogP contribution in [0.3, 0.4) is 0 Å². The molecule has 0 fully saturated rings. The standard InChI is InChI=1S/C22H23N3O4S/c1-25(2)22(27)17-7-10-19(11-8-17)24-21(26)13-14-23-30(28,29)20-12-9-16-5-3-4-6-18(16)15-20/h3-12,15,23H,13-14H2,1-2H3,(H,24,26). The van der Waals surface area contributed by atoms with E-state index in [-0.39, 0.29) is 29.7 Å². The molecule has 0 aliphatic carbocycles. The predicted molar refractivity (Wildman–Crippen MR) is 117 cm³/mol. The average molecular weight is 426 g/mol. The Labute approximate surface area is 175 Å². The summed E-state index contributed by atoms with van der Waals surface area (Å²) in [5.74, 6) is -0.459. The molecule has 0 aliphatic rings. The topological polar surface area (TPSA) is 95.6 Å². The molecular formula is C22H23N3O4S. The Morgan fingerprint density at radius 2 is 1.57 bits per heavy atom. The zero-order valence-corrected chi connectivity index (χ0v) is 17.6. The van der Waals surface area contributed by atoms with Crippen molar-refractivity contribution in [2.24, 2.45) is 0 Å². The lowest BCUT2D eigenvalue weighted by Crippen LogP contribution is -2.27. The van der Waals surface area contributed by atoms with E-state index in [1.807, 2.05) is 24.3 Å². The molecule has 0 aromatic heterocycles. The zero-order chi connectivity index (χ0) is 21.7. The molecule has 2 amide bonds. The Hall–Kier alpha value is -3.23. The average Bonchev–Trinajstić information content (AvgIpc) is 2.73. The summed E-state index contributed by atoms with van der Waals surface area (Å²) in [6, 6.07) is 18.9. The summed E-state index contributed by atoms with van der Waals surface area (Å²) in [5, 5.41) is 4.47. The van der Waals surface area contributed by atoms with E-state index in [0.29, 0.717) is 11.3 Å². The van der Waals surface area contributed by atoms with Crippen LogP contribution in [0.25, 0.3) is 10.8 Å². The molecule has 8 heteroatoms. The molecule has 156 valence electrons. The number of fused-ring (bicyclic) bond motifs is 1. The normalized spacial score (nSPS) is 11.3. The van der Waals surface area contributed by atoms with Crippen LogP contribution >= 0.6 is 0 Å². The summed E-state index contributed by atoms with van der Waals surface area (Å²) in [7, 11) is -0.388. The Bertz CT molecular complexity index is 1170. The van der Waals surface area contributed by atoms with Gasteiger partial charge in [0.2, 0.25) is 15.9 Å². The van der Waals surface area contributed by atoms with E-state index in [9.17, 15) is 18.0 Å². The molecule has 0 aliphatic heterocycles. The van der Waals surface area contributed by atoms with Gasteiger partial charge in [-0.15, -0.1) is 0 Å². The van der Waals surface area contributed by atoms with Gasteiger partial charge < -0.3 is 10.2 Å². The third-order valence-corrected chi connectivity index (χ3v) is 5.96. The van der Waals surface area contributed by atoms with Crippen molar-refractivity contribution in [1.29, 1.82) is 0 Å². The quantitative estimate of drug-likeness (QED) is 0.608. The van der Waals surface area contributed by atoms with Crippen molar-refractivity contribution in [1.82, 2.24) is 9.62 Å². The fourth-order valence-electron chi connectivity index (χ4n) is 2.89. The van der Waals surface area contributed by atoms with Crippen molar-refractivity contribution in [2.45, 2.75) is 11.3 Å². The third-order valence-electron chi connectivity index (χ3n) is 4.50. The molecule has 3 aromatic rings. The molecule has 3 rings (SSSR count). The third kappa shape index (κ3) is 5.22. The molecule has 0 radical (unpaired) electrons. The van der Waals surface area contributed by atoms with Gasteiger partial charge in [0.1, 0.15) is 0 Å². The van der Waals surface area contributed by atoms with Crippen LogP contribution in [0, 0.1) is 0 Å². The lowest BCUT2D eigenvalue weighted by atomic mass is 10.1. The maximum absolute atomic E-state index is 12.5. The highest BCUT2D eigenvalue weighted by atomic mass is 32.2. The molecule has 0 atom stereocenters. The van der Waals surface area contributed by atoms with Gasteiger partial charge in [-0.3, -0.25) is 9.59 Å². The Morgan fingerprint density at radius 1 is 0.900 bits per heavy atom. The largest absolute Gasteiger partial charge is 0.345 e. The number of hydrogen-bond acceptors (Lipinski definition) is 4. The van der Waals surface area contributed by atoms with Gasteiger partial charge in [-0.25, -0.2) is 13.1 Å². The molecule has 2 N–H and O–H groups in total. The molecule has 0 saturated heterocycles. The highest BCUT2D eigenvalue weighted by Gasteiger charge is 2.15. The van der Waals surface area contributed by atoms with Gasteiger partial charge in [-0.05, 0) is 47.2 Å². The first-order valence-electron chi connectivity index (χ1n) is 9.36. The van der Waals surface area contributed by atoms with Crippen molar-refractivity contribution < 1.29 is 18.0 Å². The number of anilines is 1. The van der Waals surface area contributed by atoms with E-state index in [2.05, 4.69) is 10.0 Å². The van der Waals surface area contributed by atoms with E-state index in [0.717, 1.165) is 10.8 Å². The molecule has 0 heterocycles. The van der Waals surface area contributed by atoms with Gasteiger partial charge >= 0.3 is 0 Å².